The molecule has 0 aromatic carbocycles. The number of thioether (sulfide) groups is 1. The fraction of sp³-hybridized carbons (Fsp3) is 0.833. The summed E-state index contributed by atoms with van der Waals surface area (Å²) in [6, 6.07) is 0. The van der Waals surface area contributed by atoms with E-state index in [9.17, 15) is 4.79 Å². The van der Waals surface area contributed by atoms with Gasteiger partial charge in [-0.25, -0.2) is 0 Å². The number of carbonyl (C=O) groups is 1. The number of thiol groups is 1. The SMILES string of the molecule is CSCCC(N)(CS)C(=O)O. The Balaban J connectivity index is 3.99. The summed E-state index contributed by atoms with van der Waals surface area (Å²) >= 11 is 5.48. The minimum atomic E-state index is -1.15. The van der Waals surface area contributed by atoms with Crippen LogP contribution in [0.4, 0.5) is 0 Å². The van der Waals surface area contributed by atoms with Crippen LogP contribution in [0.2, 0.25) is 0 Å². The minimum Gasteiger partial charge on any atom is -0.480 e. The van der Waals surface area contributed by atoms with E-state index < -0.39 is 11.5 Å². The molecule has 1 atom stereocenters. The first-order valence-electron chi connectivity index (χ1n) is 3.19. The summed E-state index contributed by atoms with van der Waals surface area (Å²) in [5.74, 6) is -0.0340. The number of carboxylic acids is 1. The van der Waals surface area contributed by atoms with Crippen LogP contribution < -0.4 is 5.73 Å². The van der Waals surface area contributed by atoms with Crippen LogP contribution in [0, 0.1) is 0 Å². The summed E-state index contributed by atoms with van der Waals surface area (Å²) in [5.41, 5.74) is 4.39. The average Bonchev–Trinajstić information content (AvgIpc) is 2.00. The zero-order chi connectivity index (χ0) is 8.91. The Morgan fingerprint density at radius 1 is 1.82 bits per heavy atom. The molecule has 0 aliphatic heterocycles. The van der Waals surface area contributed by atoms with Gasteiger partial charge in [0.15, 0.2) is 0 Å². The van der Waals surface area contributed by atoms with Crippen molar-refractivity contribution in [2.75, 3.05) is 17.8 Å². The maximum Gasteiger partial charge on any atom is 0.324 e. The first kappa shape index (κ1) is 11.1. The zero-order valence-electron chi connectivity index (χ0n) is 6.41. The topological polar surface area (TPSA) is 63.3 Å². The van der Waals surface area contributed by atoms with Gasteiger partial charge in [-0.2, -0.15) is 24.4 Å². The Kier molecular flexibility index (Phi) is 4.96. The van der Waals surface area contributed by atoms with E-state index in [1.807, 2.05) is 6.26 Å². The van der Waals surface area contributed by atoms with Crippen molar-refractivity contribution in [1.82, 2.24) is 0 Å². The van der Waals surface area contributed by atoms with Gasteiger partial charge < -0.3 is 10.8 Å². The second kappa shape index (κ2) is 4.90. The molecule has 3 nitrogen and oxygen atoms in total. The van der Waals surface area contributed by atoms with Crippen LogP contribution in [0.1, 0.15) is 6.42 Å². The van der Waals surface area contributed by atoms with Crippen LogP contribution in [-0.2, 0) is 4.79 Å². The summed E-state index contributed by atoms with van der Waals surface area (Å²) in [4.78, 5) is 10.6. The smallest absolute Gasteiger partial charge is 0.324 e. The van der Waals surface area contributed by atoms with E-state index in [2.05, 4.69) is 12.6 Å². The van der Waals surface area contributed by atoms with E-state index in [0.717, 1.165) is 5.75 Å². The lowest BCUT2D eigenvalue weighted by Gasteiger charge is -2.21. The van der Waals surface area contributed by atoms with E-state index in [1.54, 1.807) is 11.8 Å². The second-order valence-corrected chi connectivity index (χ2v) is 3.66. The highest BCUT2D eigenvalue weighted by Gasteiger charge is 2.31. The lowest BCUT2D eigenvalue weighted by Crippen LogP contribution is -2.50. The van der Waals surface area contributed by atoms with Gasteiger partial charge in [-0.15, -0.1) is 0 Å². The summed E-state index contributed by atoms with van der Waals surface area (Å²) in [5, 5.41) is 8.68. The highest BCUT2D eigenvalue weighted by molar-refractivity contribution is 7.98. The average molecular weight is 195 g/mol. The summed E-state index contributed by atoms with van der Waals surface area (Å²) in [6.45, 7) is 0. The number of nitrogens with two attached hydrogens (primary N) is 1. The van der Waals surface area contributed by atoms with E-state index in [4.69, 9.17) is 10.8 Å². The Hall–Kier alpha value is 0.130. The van der Waals surface area contributed by atoms with E-state index in [-0.39, 0.29) is 5.75 Å². The Morgan fingerprint density at radius 3 is 2.64 bits per heavy atom. The van der Waals surface area contributed by atoms with Crippen LogP contribution >= 0.6 is 24.4 Å². The lowest BCUT2D eigenvalue weighted by atomic mass is 10.0. The molecule has 0 aromatic heterocycles. The maximum atomic E-state index is 10.6. The summed E-state index contributed by atoms with van der Waals surface area (Å²) in [6.07, 6.45) is 2.38. The number of aliphatic carboxylic acids is 1. The predicted octanol–water partition coefficient (Wildman–Crippen LogP) is 0.451. The fourth-order valence-electron chi connectivity index (χ4n) is 0.538. The van der Waals surface area contributed by atoms with Crippen LogP contribution in [-0.4, -0.2) is 34.4 Å². The largest absolute Gasteiger partial charge is 0.480 e. The van der Waals surface area contributed by atoms with Crippen molar-refractivity contribution in [2.45, 2.75) is 12.0 Å². The first-order chi connectivity index (χ1) is 5.06. The zero-order valence-corrected chi connectivity index (χ0v) is 8.12. The first-order valence-corrected chi connectivity index (χ1v) is 5.21. The van der Waals surface area contributed by atoms with Gasteiger partial charge >= 0.3 is 5.97 Å². The number of hydrogen-bond donors (Lipinski definition) is 3. The molecular weight excluding hydrogens is 182 g/mol. The van der Waals surface area contributed by atoms with E-state index in [1.165, 1.54) is 0 Å². The molecule has 0 saturated heterocycles. The fourth-order valence-corrected chi connectivity index (χ4v) is 1.40. The van der Waals surface area contributed by atoms with Gasteiger partial charge in [0.05, 0.1) is 0 Å². The monoisotopic (exact) mass is 195 g/mol. The second-order valence-electron chi connectivity index (χ2n) is 2.36. The van der Waals surface area contributed by atoms with Crippen molar-refractivity contribution >= 4 is 30.4 Å². The highest BCUT2D eigenvalue weighted by Crippen LogP contribution is 2.12. The van der Waals surface area contributed by atoms with Crippen molar-refractivity contribution in [2.24, 2.45) is 5.73 Å². The molecule has 0 spiro atoms. The van der Waals surface area contributed by atoms with Crippen molar-refractivity contribution in [3.8, 4) is 0 Å². The van der Waals surface area contributed by atoms with Gasteiger partial charge in [0, 0.05) is 5.75 Å². The van der Waals surface area contributed by atoms with Crippen molar-refractivity contribution < 1.29 is 9.90 Å². The Bertz CT molecular complexity index is 143. The molecular formula is C6H13NO2S2. The lowest BCUT2D eigenvalue weighted by molar-refractivity contribution is -0.142. The normalized spacial score (nSPS) is 15.9. The minimum absolute atomic E-state index is 0.183. The third kappa shape index (κ3) is 3.35. The molecule has 66 valence electrons. The molecule has 1 unspecified atom stereocenters. The van der Waals surface area contributed by atoms with Crippen LogP contribution in [0.5, 0.6) is 0 Å². The molecule has 0 rings (SSSR count). The molecule has 0 fully saturated rings. The number of rotatable bonds is 5. The molecule has 11 heavy (non-hydrogen) atoms. The maximum absolute atomic E-state index is 10.6. The standard InChI is InChI=1S/C6H13NO2S2/c1-11-3-2-6(7,4-10)5(8)9/h10H,2-4,7H2,1H3,(H,8,9). The summed E-state index contributed by atoms with van der Waals surface area (Å²) < 4.78 is 0. The van der Waals surface area contributed by atoms with Gasteiger partial charge in [-0.3, -0.25) is 4.79 Å². The van der Waals surface area contributed by atoms with Crippen molar-refractivity contribution in [1.29, 1.82) is 0 Å². The highest BCUT2D eigenvalue weighted by atomic mass is 32.2. The Morgan fingerprint density at radius 2 is 2.36 bits per heavy atom. The van der Waals surface area contributed by atoms with Gasteiger partial charge in [-0.1, -0.05) is 0 Å². The third-order valence-corrected chi connectivity index (χ3v) is 2.64. The molecule has 0 radical (unpaired) electrons. The molecule has 0 amide bonds. The van der Waals surface area contributed by atoms with Crippen LogP contribution in [0.25, 0.3) is 0 Å². The van der Waals surface area contributed by atoms with Crippen LogP contribution in [0.3, 0.4) is 0 Å². The quantitative estimate of drug-likeness (QED) is 0.557. The van der Waals surface area contributed by atoms with Crippen molar-refractivity contribution in [3.63, 3.8) is 0 Å². The predicted molar refractivity (Wildman–Crippen MR) is 51.4 cm³/mol. The van der Waals surface area contributed by atoms with Crippen molar-refractivity contribution in [3.05, 3.63) is 0 Å². The number of carboxylic acid groups (broad SMARTS) is 1. The van der Waals surface area contributed by atoms with Gasteiger partial charge in [0.25, 0.3) is 0 Å². The van der Waals surface area contributed by atoms with E-state index >= 15 is 0 Å². The van der Waals surface area contributed by atoms with E-state index in [0.29, 0.717) is 6.42 Å². The molecule has 0 aromatic rings. The van der Waals surface area contributed by atoms with Crippen LogP contribution in [0.15, 0.2) is 0 Å². The molecule has 0 aliphatic rings. The molecule has 0 aliphatic carbocycles. The summed E-state index contributed by atoms with van der Waals surface area (Å²) in [7, 11) is 0. The third-order valence-electron chi connectivity index (χ3n) is 1.46. The molecule has 0 saturated carbocycles. The molecule has 3 N–H and O–H groups in total. The Labute approximate surface area is 76.1 Å². The number of hydrogen-bond acceptors (Lipinski definition) is 4. The van der Waals surface area contributed by atoms with Gasteiger partial charge in [0.1, 0.15) is 5.54 Å². The molecule has 0 bridgehead atoms. The molecule has 5 heteroatoms. The van der Waals surface area contributed by atoms with Gasteiger partial charge in [-0.05, 0) is 18.4 Å². The molecule has 0 heterocycles. The van der Waals surface area contributed by atoms with Gasteiger partial charge in [0.2, 0.25) is 0 Å².